The third-order valence-electron chi connectivity index (χ3n) is 6.79. The van der Waals surface area contributed by atoms with Gasteiger partial charge in [0.15, 0.2) is 0 Å². The summed E-state index contributed by atoms with van der Waals surface area (Å²) < 4.78 is 13.5. The zero-order chi connectivity index (χ0) is 22.5. The number of ether oxygens (including phenoxy) is 2. The second kappa shape index (κ2) is 10.3. The molecule has 2 heterocycles. The molecule has 2 aromatic heterocycles. The molecule has 0 bridgehead atoms. The Kier molecular flexibility index (Phi) is 7.27. The number of aryl methyl sites for hydroxylation is 2. The average molecular weight is 442 g/mol. The molecule has 4 rings (SSSR count). The highest BCUT2D eigenvalue weighted by molar-refractivity contribution is 5.68. The first-order valence-electron chi connectivity index (χ1n) is 12.0. The lowest BCUT2D eigenvalue weighted by Crippen LogP contribution is -2.35. The Morgan fingerprint density at radius 2 is 1.84 bits per heavy atom. The van der Waals surface area contributed by atoms with E-state index in [9.17, 15) is 4.79 Å². The van der Waals surface area contributed by atoms with Gasteiger partial charge in [0, 0.05) is 20.1 Å². The van der Waals surface area contributed by atoms with Gasteiger partial charge in [-0.2, -0.15) is 0 Å². The number of nitrogens with zero attached hydrogens (tertiary/aromatic N) is 5. The van der Waals surface area contributed by atoms with Crippen LogP contribution in [0.3, 0.4) is 0 Å². The van der Waals surface area contributed by atoms with E-state index in [4.69, 9.17) is 14.5 Å². The topological polar surface area (TPSA) is 82.4 Å². The van der Waals surface area contributed by atoms with Crippen LogP contribution in [0.25, 0.3) is 11.4 Å². The van der Waals surface area contributed by atoms with Crippen molar-refractivity contribution in [3.8, 4) is 17.1 Å². The van der Waals surface area contributed by atoms with Crippen LogP contribution in [-0.4, -0.2) is 50.2 Å². The van der Waals surface area contributed by atoms with E-state index in [2.05, 4.69) is 17.2 Å². The molecule has 2 aliphatic rings. The van der Waals surface area contributed by atoms with Crippen LogP contribution in [0, 0.1) is 0 Å². The van der Waals surface area contributed by atoms with Crippen LogP contribution in [0.1, 0.15) is 76.1 Å². The lowest BCUT2D eigenvalue weighted by atomic mass is 9.98. The number of aromatic nitrogens is 4. The fourth-order valence-corrected chi connectivity index (χ4v) is 4.75. The first kappa shape index (κ1) is 22.6. The van der Waals surface area contributed by atoms with Gasteiger partial charge >= 0.3 is 6.09 Å². The van der Waals surface area contributed by atoms with Gasteiger partial charge in [0.25, 0.3) is 0 Å². The average Bonchev–Trinajstić information content (AvgIpc) is 3.48. The van der Waals surface area contributed by atoms with E-state index in [-0.39, 0.29) is 24.8 Å². The third-order valence-corrected chi connectivity index (χ3v) is 6.79. The summed E-state index contributed by atoms with van der Waals surface area (Å²) >= 11 is 0. The van der Waals surface area contributed by atoms with Crippen molar-refractivity contribution in [1.82, 2.24) is 24.9 Å². The Labute approximate surface area is 190 Å². The molecule has 0 unspecified atom stereocenters. The quantitative estimate of drug-likeness (QED) is 0.621. The summed E-state index contributed by atoms with van der Waals surface area (Å²) in [6, 6.07) is 4.20. The number of rotatable bonds is 7. The van der Waals surface area contributed by atoms with Gasteiger partial charge in [0.1, 0.15) is 23.7 Å². The van der Waals surface area contributed by atoms with Crippen LogP contribution in [0.2, 0.25) is 0 Å². The number of pyridine rings is 1. The molecule has 2 saturated carbocycles. The van der Waals surface area contributed by atoms with Gasteiger partial charge in [0.2, 0.25) is 0 Å². The number of carbonyl (C=O) groups is 1. The standard InChI is InChI=1S/C24H35N5O3/c1-4-19-22(32-18-12-6-5-7-13-18)15-14-20(25-19)23-21(29(3)27-26-23)16-31-24(30)28(2)17-10-8-9-11-17/h14-15,17-18H,4-13,16H2,1-3H3. The first-order valence-corrected chi connectivity index (χ1v) is 12.0. The maximum absolute atomic E-state index is 12.5. The monoisotopic (exact) mass is 441 g/mol. The van der Waals surface area contributed by atoms with E-state index < -0.39 is 0 Å². The van der Waals surface area contributed by atoms with Crippen molar-refractivity contribution >= 4 is 6.09 Å². The van der Waals surface area contributed by atoms with Crippen LogP contribution in [0.5, 0.6) is 5.75 Å². The summed E-state index contributed by atoms with van der Waals surface area (Å²) in [5, 5.41) is 8.47. The normalized spacial score (nSPS) is 17.5. The van der Waals surface area contributed by atoms with Gasteiger partial charge < -0.3 is 14.4 Å². The van der Waals surface area contributed by atoms with Gasteiger partial charge in [-0.15, -0.1) is 5.10 Å². The van der Waals surface area contributed by atoms with E-state index in [1.165, 1.54) is 32.1 Å². The summed E-state index contributed by atoms with van der Waals surface area (Å²) in [5.74, 6) is 0.859. The van der Waals surface area contributed by atoms with E-state index >= 15 is 0 Å². The van der Waals surface area contributed by atoms with Crippen LogP contribution >= 0.6 is 0 Å². The Bertz CT molecular complexity index is 916. The second-order valence-corrected chi connectivity index (χ2v) is 8.98. The highest BCUT2D eigenvalue weighted by Gasteiger charge is 2.25. The Morgan fingerprint density at radius 3 is 2.56 bits per heavy atom. The van der Waals surface area contributed by atoms with Gasteiger partial charge in [0.05, 0.1) is 17.5 Å². The number of amides is 1. The van der Waals surface area contributed by atoms with Gasteiger partial charge in [-0.25, -0.2) is 14.5 Å². The van der Waals surface area contributed by atoms with Gasteiger partial charge in [-0.05, 0) is 57.1 Å². The van der Waals surface area contributed by atoms with Crippen molar-refractivity contribution in [3.63, 3.8) is 0 Å². The fraction of sp³-hybridized carbons (Fsp3) is 0.667. The predicted octanol–water partition coefficient (Wildman–Crippen LogP) is 4.66. The van der Waals surface area contributed by atoms with E-state index in [0.29, 0.717) is 5.69 Å². The molecule has 8 heteroatoms. The molecule has 2 aromatic rings. The smallest absolute Gasteiger partial charge is 0.410 e. The highest BCUT2D eigenvalue weighted by Crippen LogP contribution is 2.29. The summed E-state index contributed by atoms with van der Waals surface area (Å²) in [6.07, 6.45) is 11.2. The van der Waals surface area contributed by atoms with Crippen LogP contribution in [0.4, 0.5) is 4.79 Å². The molecule has 0 aromatic carbocycles. The Balaban J connectivity index is 1.47. The Hall–Kier alpha value is -2.64. The van der Waals surface area contributed by atoms with E-state index in [1.807, 2.05) is 26.2 Å². The molecule has 32 heavy (non-hydrogen) atoms. The molecule has 8 nitrogen and oxygen atoms in total. The molecule has 0 aliphatic heterocycles. The molecule has 0 atom stereocenters. The molecule has 1 amide bonds. The van der Waals surface area contributed by atoms with Crippen molar-refractivity contribution in [1.29, 1.82) is 0 Å². The summed E-state index contributed by atoms with van der Waals surface area (Å²) in [4.78, 5) is 19.1. The third kappa shape index (κ3) is 5.05. The summed E-state index contributed by atoms with van der Waals surface area (Å²) in [7, 11) is 3.63. The van der Waals surface area contributed by atoms with E-state index in [0.717, 1.165) is 54.9 Å². The van der Waals surface area contributed by atoms with Crippen LogP contribution in [-0.2, 0) is 24.8 Å². The predicted molar refractivity (Wildman–Crippen MR) is 121 cm³/mol. The largest absolute Gasteiger partial charge is 0.489 e. The molecular formula is C24H35N5O3. The van der Waals surface area contributed by atoms with Crippen LogP contribution < -0.4 is 4.74 Å². The molecule has 2 fully saturated rings. The molecular weight excluding hydrogens is 406 g/mol. The zero-order valence-electron chi connectivity index (χ0n) is 19.5. The van der Waals surface area contributed by atoms with Crippen molar-refractivity contribution < 1.29 is 14.3 Å². The lowest BCUT2D eigenvalue weighted by Gasteiger charge is -2.24. The minimum Gasteiger partial charge on any atom is -0.489 e. The summed E-state index contributed by atoms with van der Waals surface area (Å²) in [5.41, 5.74) is 3.01. The fourth-order valence-electron chi connectivity index (χ4n) is 4.75. The lowest BCUT2D eigenvalue weighted by molar-refractivity contribution is 0.0899. The van der Waals surface area contributed by atoms with Crippen molar-refractivity contribution in [3.05, 3.63) is 23.5 Å². The van der Waals surface area contributed by atoms with Gasteiger partial charge in [-0.3, -0.25) is 0 Å². The second-order valence-electron chi connectivity index (χ2n) is 8.98. The van der Waals surface area contributed by atoms with Crippen molar-refractivity contribution in [2.45, 2.75) is 89.9 Å². The zero-order valence-corrected chi connectivity index (χ0v) is 19.5. The number of hydrogen-bond acceptors (Lipinski definition) is 6. The van der Waals surface area contributed by atoms with Crippen molar-refractivity contribution in [2.24, 2.45) is 7.05 Å². The SMILES string of the molecule is CCc1nc(-c2nnn(C)c2COC(=O)N(C)C2CCCC2)ccc1OC1CCCCC1. The molecule has 174 valence electrons. The van der Waals surface area contributed by atoms with E-state index in [1.54, 1.807) is 9.58 Å². The summed E-state index contributed by atoms with van der Waals surface area (Å²) in [6.45, 7) is 2.19. The Morgan fingerprint density at radius 1 is 1.12 bits per heavy atom. The molecule has 2 aliphatic carbocycles. The van der Waals surface area contributed by atoms with Crippen LogP contribution in [0.15, 0.2) is 12.1 Å². The number of carbonyl (C=O) groups excluding carboxylic acids is 1. The molecule has 0 N–H and O–H groups in total. The maximum atomic E-state index is 12.5. The number of hydrogen-bond donors (Lipinski definition) is 0. The minimum absolute atomic E-state index is 0.109. The van der Waals surface area contributed by atoms with Crippen molar-refractivity contribution in [2.75, 3.05) is 7.05 Å². The maximum Gasteiger partial charge on any atom is 0.410 e. The molecule has 0 radical (unpaired) electrons. The molecule has 0 spiro atoms. The molecule has 0 saturated heterocycles. The minimum atomic E-state index is -0.303. The van der Waals surface area contributed by atoms with Gasteiger partial charge in [-0.1, -0.05) is 31.4 Å². The highest BCUT2D eigenvalue weighted by atomic mass is 16.6. The first-order chi connectivity index (χ1) is 15.6.